The lowest BCUT2D eigenvalue weighted by atomic mass is 10.1. The number of ether oxygens (including phenoxy) is 2. The quantitative estimate of drug-likeness (QED) is 0.485. The van der Waals surface area contributed by atoms with Crippen molar-refractivity contribution in [1.82, 2.24) is 0 Å². The third-order valence-electron chi connectivity index (χ3n) is 5.18. The van der Waals surface area contributed by atoms with Crippen LogP contribution in [0.15, 0.2) is 66.7 Å². The Balaban J connectivity index is 1.37. The monoisotopic (exact) mass is 412 g/mol. The molecule has 0 aromatic heterocycles. The summed E-state index contributed by atoms with van der Waals surface area (Å²) < 4.78 is 10.7. The number of carbonyl (C=O) groups is 2. The van der Waals surface area contributed by atoms with Gasteiger partial charge in [0.1, 0.15) is 12.4 Å². The molecule has 0 amide bonds. The first kappa shape index (κ1) is 20.4. The summed E-state index contributed by atoms with van der Waals surface area (Å²) in [5.74, 6) is 5.61. The Morgan fingerprint density at radius 2 is 1.68 bits per heavy atom. The van der Waals surface area contributed by atoms with Crippen LogP contribution in [-0.4, -0.2) is 36.7 Å². The summed E-state index contributed by atoms with van der Waals surface area (Å²) in [6.07, 6.45) is -0.568. The van der Waals surface area contributed by atoms with Crippen molar-refractivity contribution < 1.29 is 24.2 Å². The van der Waals surface area contributed by atoms with E-state index in [1.54, 1.807) is 6.07 Å². The third-order valence-corrected chi connectivity index (χ3v) is 5.18. The van der Waals surface area contributed by atoms with E-state index in [0.29, 0.717) is 17.7 Å². The molecule has 1 atom stereocenters. The van der Waals surface area contributed by atoms with Crippen LogP contribution in [0.2, 0.25) is 0 Å². The van der Waals surface area contributed by atoms with Gasteiger partial charge in [0.05, 0.1) is 0 Å². The molecule has 3 aromatic rings. The zero-order valence-electron chi connectivity index (χ0n) is 16.9. The maximum atomic E-state index is 12.6. The predicted molar refractivity (Wildman–Crippen MR) is 116 cm³/mol. The van der Waals surface area contributed by atoms with Crippen molar-refractivity contribution in [3.8, 4) is 28.7 Å². The molecule has 0 aliphatic heterocycles. The maximum absolute atomic E-state index is 12.6. The fraction of sp³-hybridized carbons (Fsp3) is 0.154. The lowest BCUT2D eigenvalue weighted by Gasteiger charge is -2.10. The lowest BCUT2D eigenvalue weighted by molar-refractivity contribution is -0.148. The Morgan fingerprint density at radius 3 is 2.39 bits per heavy atom. The van der Waals surface area contributed by atoms with Gasteiger partial charge >= 0.3 is 5.97 Å². The Bertz CT molecular complexity index is 1200. The fourth-order valence-corrected chi connectivity index (χ4v) is 3.56. The van der Waals surface area contributed by atoms with E-state index in [9.17, 15) is 9.59 Å². The van der Waals surface area contributed by atoms with Gasteiger partial charge in [-0.15, -0.1) is 0 Å². The molecule has 0 unspecified atom stereocenters. The Kier molecular flexibility index (Phi) is 5.83. The summed E-state index contributed by atoms with van der Waals surface area (Å²) in [4.78, 5) is 23.6. The van der Waals surface area contributed by atoms with E-state index in [4.69, 9.17) is 14.6 Å². The molecule has 31 heavy (non-hydrogen) atoms. The number of hydrogen-bond donors (Lipinski definition) is 1. The highest BCUT2D eigenvalue weighted by atomic mass is 16.5. The van der Waals surface area contributed by atoms with Crippen molar-refractivity contribution in [1.29, 1.82) is 0 Å². The number of methoxy groups -OCH3 is 1. The van der Waals surface area contributed by atoms with Crippen molar-refractivity contribution in [2.75, 3.05) is 13.7 Å². The van der Waals surface area contributed by atoms with Gasteiger partial charge in [-0.1, -0.05) is 48.2 Å². The van der Waals surface area contributed by atoms with Crippen LogP contribution in [0, 0.1) is 11.8 Å². The van der Waals surface area contributed by atoms with Gasteiger partial charge in [-0.05, 0) is 47.0 Å². The maximum Gasteiger partial charge on any atom is 0.333 e. The molecule has 4 rings (SSSR count). The normalized spacial score (nSPS) is 12.4. The first-order valence-corrected chi connectivity index (χ1v) is 9.81. The lowest BCUT2D eigenvalue weighted by Crippen LogP contribution is -2.24. The number of benzene rings is 3. The summed E-state index contributed by atoms with van der Waals surface area (Å²) >= 11 is 0. The van der Waals surface area contributed by atoms with Gasteiger partial charge in [-0.25, -0.2) is 4.79 Å². The highest BCUT2D eigenvalue weighted by Crippen LogP contribution is 2.37. The number of carbonyl (C=O) groups excluding carboxylic acids is 1. The van der Waals surface area contributed by atoms with Gasteiger partial charge < -0.3 is 14.6 Å². The Morgan fingerprint density at radius 1 is 0.968 bits per heavy atom. The molecular formula is C26H20O5. The highest BCUT2D eigenvalue weighted by Gasteiger charge is 2.26. The van der Waals surface area contributed by atoms with E-state index in [1.165, 1.54) is 7.11 Å². The largest absolute Gasteiger partial charge is 0.481 e. The number of ketones is 1. The summed E-state index contributed by atoms with van der Waals surface area (Å²) in [5.41, 5.74) is 4.92. The van der Waals surface area contributed by atoms with E-state index in [0.717, 1.165) is 27.8 Å². The molecule has 0 radical (unpaired) electrons. The Hall–Kier alpha value is -3.88. The van der Waals surface area contributed by atoms with Crippen LogP contribution >= 0.6 is 0 Å². The van der Waals surface area contributed by atoms with E-state index in [2.05, 4.69) is 11.8 Å². The second-order valence-electron chi connectivity index (χ2n) is 7.14. The van der Waals surface area contributed by atoms with E-state index in [1.807, 2.05) is 60.7 Å². The highest BCUT2D eigenvalue weighted by molar-refractivity contribution is 6.21. The number of fused-ring (bicyclic) bond motifs is 3. The SMILES string of the molecule is CO[C@@H](Cc1ccc(C#CCOc2ccc3c(c2)C(=O)c2ccccc2-3)cc1)C(=O)O. The van der Waals surface area contributed by atoms with Crippen molar-refractivity contribution in [3.05, 3.63) is 89.0 Å². The minimum atomic E-state index is -0.986. The molecule has 0 fully saturated rings. The van der Waals surface area contributed by atoms with Crippen LogP contribution in [0.5, 0.6) is 5.75 Å². The summed E-state index contributed by atoms with van der Waals surface area (Å²) in [7, 11) is 1.38. The molecule has 5 heteroatoms. The zero-order valence-corrected chi connectivity index (χ0v) is 16.9. The van der Waals surface area contributed by atoms with Crippen LogP contribution in [-0.2, 0) is 16.0 Å². The summed E-state index contributed by atoms with van der Waals surface area (Å²) in [6.45, 7) is 0.187. The van der Waals surface area contributed by atoms with Gasteiger partial charge in [-0.2, -0.15) is 0 Å². The molecule has 154 valence electrons. The van der Waals surface area contributed by atoms with Crippen LogP contribution < -0.4 is 4.74 Å². The van der Waals surface area contributed by atoms with Gasteiger partial charge in [0.2, 0.25) is 0 Å². The molecule has 5 nitrogen and oxygen atoms in total. The molecule has 1 aliphatic rings. The number of aliphatic carboxylic acids is 1. The van der Waals surface area contributed by atoms with Crippen LogP contribution in [0.4, 0.5) is 0 Å². The summed E-state index contributed by atoms with van der Waals surface area (Å²) in [6, 6.07) is 20.4. The molecule has 0 heterocycles. The minimum absolute atomic E-state index is 0.0147. The number of rotatable bonds is 6. The van der Waals surface area contributed by atoms with Crippen molar-refractivity contribution in [3.63, 3.8) is 0 Å². The average molecular weight is 412 g/mol. The van der Waals surface area contributed by atoms with Crippen LogP contribution in [0.1, 0.15) is 27.0 Å². The standard InChI is InChI=1S/C26H20O5/c1-30-24(26(28)29)15-18-10-8-17(9-11-18)5-4-14-31-19-12-13-21-20-6-2-3-7-22(20)25(27)23(21)16-19/h2-3,6-13,16,24H,14-15H2,1H3,(H,28,29)/t24-/m0/s1. The minimum Gasteiger partial charge on any atom is -0.481 e. The molecule has 1 N–H and O–H groups in total. The first-order valence-electron chi connectivity index (χ1n) is 9.81. The van der Waals surface area contributed by atoms with Crippen molar-refractivity contribution in [2.24, 2.45) is 0 Å². The second-order valence-corrected chi connectivity index (χ2v) is 7.14. The molecular weight excluding hydrogens is 392 g/mol. The van der Waals surface area contributed by atoms with Crippen LogP contribution in [0.3, 0.4) is 0 Å². The molecule has 0 bridgehead atoms. The zero-order chi connectivity index (χ0) is 21.8. The van der Waals surface area contributed by atoms with E-state index >= 15 is 0 Å². The van der Waals surface area contributed by atoms with Crippen LogP contribution in [0.25, 0.3) is 11.1 Å². The van der Waals surface area contributed by atoms with E-state index < -0.39 is 12.1 Å². The first-order chi connectivity index (χ1) is 15.1. The number of carboxylic acids is 1. The van der Waals surface area contributed by atoms with E-state index in [-0.39, 0.29) is 12.4 Å². The molecule has 1 aliphatic carbocycles. The molecule has 3 aromatic carbocycles. The van der Waals surface area contributed by atoms with Gasteiger partial charge in [-0.3, -0.25) is 4.79 Å². The second kappa shape index (κ2) is 8.86. The smallest absolute Gasteiger partial charge is 0.333 e. The Labute approximate surface area is 180 Å². The topological polar surface area (TPSA) is 72.8 Å². The number of hydrogen-bond acceptors (Lipinski definition) is 4. The number of carboxylic acid groups (broad SMARTS) is 1. The fourth-order valence-electron chi connectivity index (χ4n) is 3.56. The third kappa shape index (κ3) is 4.35. The van der Waals surface area contributed by atoms with Gasteiger partial charge in [0.25, 0.3) is 0 Å². The molecule has 0 saturated carbocycles. The van der Waals surface area contributed by atoms with Gasteiger partial charge in [0, 0.05) is 30.2 Å². The molecule has 0 spiro atoms. The molecule has 0 saturated heterocycles. The predicted octanol–water partition coefficient (Wildman–Crippen LogP) is 3.97. The van der Waals surface area contributed by atoms with Gasteiger partial charge in [0.15, 0.2) is 11.9 Å². The summed E-state index contributed by atoms with van der Waals surface area (Å²) in [5, 5.41) is 9.06. The van der Waals surface area contributed by atoms with Crippen molar-refractivity contribution in [2.45, 2.75) is 12.5 Å². The van der Waals surface area contributed by atoms with Crippen molar-refractivity contribution >= 4 is 11.8 Å². The average Bonchev–Trinajstić information content (AvgIpc) is 3.07.